The van der Waals surface area contributed by atoms with E-state index in [1.54, 1.807) is 72.2 Å². The molecule has 3 unspecified atom stereocenters. The van der Waals surface area contributed by atoms with E-state index in [2.05, 4.69) is 14.8 Å². The third-order valence-corrected chi connectivity index (χ3v) is 14.6. The average molecular weight is 834 g/mol. The number of hydrogen-bond acceptors (Lipinski definition) is 9. The van der Waals surface area contributed by atoms with Gasteiger partial charge in [0.15, 0.2) is 5.72 Å². The van der Waals surface area contributed by atoms with E-state index in [0.717, 1.165) is 11.1 Å². The average Bonchev–Trinajstić information content (AvgIpc) is 3.88. The third-order valence-electron chi connectivity index (χ3n) is 12.0. The molecular formula is C43H39N5O9S2. The SMILES string of the molecule is COC(=O)C1(O)CC2OC1(C)n1c3ccc(NS(=O)(=O)Cc4ccc(C)cc4)cc3c3c4c(c5c6cc(NS(=O)(=O)Cc7ccc(C)cc7)ccc6n2c5c31)C(=O)NC4. The van der Waals surface area contributed by atoms with Crippen molar-refractivity contribution in [3.8, 4) is 0 Å². The largest absolute Gasteiger partial charge is 0.467 e. The summed E-state index contributed by atoms with van der Waals surface area (Å²) in [5.41, 5.74) is 3.02. The van der Waals surface area contributed by atoms with Gasteiger partial charge in [0.05, 0.1) is 46.2 Å². The van der Waals surface area contributed by atoms with Crippen LogP contribution in [0.15, 0.2) is 84.9 Å². The predicted molar refractivity (Wildman–Crippen MR) is 224 cm³/mol. The summed E-state index contributed by atoms with van der Waals surface area (Å²) in [6, 6.07) is 24.5. The minimum absolute atomic E-state index is 0.126. The first-order chi connectivity index (χ1) is 28.0. The monoisotopic (exact) mass is 833 g/mol. The maximum Gasteiger partial charge on any atom is 0.343 e. The van der Waals surface area contributed by atoms with Crippen molar-refractivity contribution in [2.75, 3.05) is 16.6 Å². The summed E-state index contributed by atoms with van der Waals surface area (Å²) in [6.07, 6.45) is -1.16. The second-order valence-electron chi connectivity index (χ2n) is 16.0. The van der Waals surface area contributed by atoms with Crippen molar-refractivity contribution in [3.63, 3.8) is 0 Å². The van der Waals surface area contributed by atoms with Crippen LogP contribution in [0.5, 0.6) is 0 Å². The van der Waals surface area contributed by atoms with Crippen LogP contribution in [0, 0.1) is 13.8 Å². The Bertz CT molecular complexity index is 3230. The van der Waals surface area contributed by atoms with Gasteiger partial charge in [-0.15, -0.1) is 0 Å². The second kappa shape index (κ2) is 12.5. The molecule has 2 bridgehead atoms. The zero-order valence-electron chi connectivity index (χ0n) is 32.4. The number of rotatable bonds is 9. The summed E-state index contributed by atoms with van der Waals surface area (Å²) in [5.74, 6) is -1.76. The van der Waals surface area contributed by atoms with Crippen LogP contribution in [0.25, 0.3) is 43.6 Å². The Hall–Kier alpha value is -5.94. The molecule has 5 heterocycles. The Morgan fingerprint density at radius 2 is 1.37 bits per heavy atom. The van der Waals surface area contributed by atoms with E-state index in [-0.39, 0.29) is 41.8 Å². The van der Waals surface area contributed by atoms with Gasteiger partial charge in [-0.3, -0.25) is 14.2 Å². The highest BCUT2D eigenvalue weighted by Gasteiger charge is 2.66. The highest BCUT2D eigenvalue weighted by atomic mass is 32.2. The maximum atomic E-state index is 14.0. The molecule has 59 heavy (non-hydrogen) atoms. The van der Waals surface area contributed by atoms with E-state index < -0.39 is 43.6 Å². The Labute approximate surface area is 338 Å². The molecule has 16 heteroatoms. The molecule has 1 fully saturated rings. The fourth-order valence-electron chi connectivity index (χ4n) is 9.36. The van der Waals surface area contributed by atoms with E-state index in [1.807, 2.05) is 42.7 Å². The van der Waals surface area contributed by atoms with Crippen molar-refractivity contribution in [2.45, 2.75) is 62.8 Å². The van der Waals surface area contributed by atoms with Crippen LogP contribution in [-0.4, -0.2) is 55.7 Å². The lowest BCUT2D eigenvalue weighted by Crippen LogP contribution is -2.56. The minimum atomic E-state index is -3.88. The van der Waals surface area contributed by atoms with Crippen molar-refractivity contribution < 1.29 is 41.0 Å². The number of carbonyl (C=O) groups is 2. The summed E-state index contributed by atoms with van der Waals surface area (Å²) in [6.45, 7) is 5.60. The molecule has 0 spiro atoms. The van der Waals surface area contributed by atoms with Crippen LogP contribution in [0.2, 0.25) is 0 Å². The molecule has 0 radical (unpaired) electrons. The Morgan fingerprint density at radius 1 is 0.831 bits per heavy atom. The van der Waals surface area contributed by atoms with Crippen molar-refractivity contribution in [2.24, 2.45) is 0 Å². The first-order valence-corrected chi connectivity index (χ1v) is 22.3. The molecule has 1 amide bonds. The van der Waals surface area contributed by atoms with Crippen LogP contribution in [0.4, 0.5) is 11.4 Å². The summed E-state index contributed by atoms with van der Waals surface area (Å²) in [7, 11) is -6.56. The Balaban J connectivity index is 1.22. The quantitative estimate of drug-likeness (QED) is 0.124. The zero-order valence-corrected chi connectivity index (χ0v) is 34.0. The van der Waals surface area contributed by atoms with E-state index in [9.17, 15) is 31.5 Å². The minimum Gasteiger partial charge on any atom is -0.467 e. The van der Waals surface area contributed by atoms with Gasteiger partial charge in [0.25, 0.3) is 5.91 Å². The standard InChI is InChI=1S/C43H39N5O9S2/c1-23-5-9-25(10-6-23)21-58(52,53)45-27-13-15-32-29(17-27)36-37-31(20-44-40(37)49)35-30-18-28(46-59(54,55)22-26-11-7-24(2)8-12-26)14-16-33(30)48-39(35)38(36)47(32)34-19-43(51,41(50)56-4)42(48,3)57-34/h5-18,34,45-46,51H,19-22H2,1-4H3,(H,44,49). The number of nitrogens with zero attached hydrogens (tertiary/aromatic N) is 2. The number of anilines is 2. The number of carbonyl (C=O) groups excluding carboxylic acids is 2. The highest BCUT2D eigenvalue weighted by molar-refractivity contribution is 7.92. The van der Waals surface area contributed by atoms with Gasteiger partial charge in [0.2, 0.25) is 25.6 Å². The Morgan fingerprint density at radius 3 is 1.93 bits per heavy atom. The molecule has 3 atom stereocenters. The van der Waals surface area contributed by atoms with Crippen molar-refractivity contribution in [1.29, 1.82) is 0 Å². The van der Waals surface area contributed by atoms with E-state index >= 15 is 0 Å². The molecule has 3 aliphatic heterocycles. The summed E-state index contributed by atoms with van der Waals surface area (Å²) >= 11 is 0. The molecule has 5 aromatic carbocycles. The zero-order chi connectivity index (χ0) is 41.4. The molecule has 302 valence electrons. The maximum absolute atomic E-state index is 14.0. The fourth-order valence-corrected chi connectivity index (χ4v) is 11.7. The van der Waals surface area contributed by atoms with Crippen molar-refractivity contribution >= 4 is 86.9 Å². The van der Waals surface area contributed by atoms with E-state index in [0.29, 0.717) is 65.9 Å². The smallest absolute Gasteiger partial charge is 0.343 e. The van der Waals surface area contributed by atoms with Gasteiger partial charge in [-0.25, -0.2) is 21.6 Å². The molecular weight excluding hydrogens is 795 g/mol. The lowest BCUT2D eigenvalue weighted by molar-refractivity contribution is -0.202. The van der Waals surface area contributed by atoms with Gasteiger partial charge in [0.1, 0.15) is 6.23 Å². The van der Waals surface area contributed by atoms with Crippen LogP contribution < -0.4 is 14.8 Å². The second-order valence-corrected chi connectivity index (χ2v) is 19.4. The van der Waals surface area contributed by atoms with E-state index in [4.69, 9.17) is 9.47 Å². The van der Waals surface area contributed by atoms with Gasteiger partial charge in [-0.05, 0) is 73.9 Å². The number of hydrogen-bond donors (Lipinski definition) is 4. The highest BCUT2D eigenvalue weighted by Crippen LogP contribution is 2.58. The molecule has 4 N–H and O–H groups in total. The van der Waals surface area contributed by atoms with Crippen LogP contribution in [0.1, 0.15) is 57.7 Å². The normalized spacial score (nSPS) is 21.0. The van der Waals surface area contributed by atoms with Crippen LogP contribution in [0.3, 0.4) is 0 Å². The summed E-state index contributed by atoms with van der Waals surface area (Å²) in [4.78, 5) is 27.7. The molecule has 1 saturated heterocycles. The van der Waals surface area contributed by atoms with Gasteiger partial charge in [0, 0.05) is 45.9 Å². The Kier molecular flexibility index (Phi) is 7.93. The summed E-state index contributed by atoms with van der Waals surface area (Å²) < 4.78 is 75.1. The number of aliphatic hydroxyl groups is 1. The number of amides is 1. The molecule has 2 aromatic heterocycles. The molecule has 0 saturated carbocycles. The number of aryl methyl sites for hydroxylation is 2. The number of nitrogens with one attached hydrogen (secondary N) is 3. The third kappa shape index (κ3) is 5.50. The van der Waals surface area contributed by atoms with Crippen LogP contribution >= 0.6 is 0 Å². The van der Waals surface area contributed by atoms with Crippen molar-refractivity contribution in [3.05, 3.63) is 118 Å². The topological polar surface area (TPSA) is 187 Å². The van der Waals surface area contributed by atoms with Gasteiger partial charge < -0.3 is 29.0 Å². The number of ether oxygens (including phenoxy) is 2. The van der Waals surface area contributed by atoms with Crippen LogP contribution in [-0.2, 0) is 58.1 Å². The first-order valence-electron chi connectivity index (χ1n) is 19.0. The van der Waals surface area contributed by atoms with E-state index in [1.165, 1.54) is 7.11 Å². The fraction of sp³-hybridized carbons (Fsp3) is 0.256. The summed E-state index contributed by atoms with van der Waals surface area (Å²) in [5, 5.41) is 17.7. The van der Waals surface area contributed by atoms with Gasteiger partial charge in [-0.1, -0.05) is 59.7 Å². The predicted octanol–water partition coefficient (Wildman–Crippen LogP) is 6.16. The number of fused-ring (bicyclic) bond motifs is 13. The molecule has 10 rings (SSSR count). The molecule has 14 nitrogen and oxygen atoms in total. The lowest BCUT2D eigenvalue weighted by Gasteiger charge is -2.37. The van der Waals surface area contributed by atoms with Crippen molar-refractivity contribution in [1.82, 2.24) is 14.5 Å². The number of aromatic nitrogens is 2. The van der Waals surface area contributed by atoms with Gasteiger partial charge >= 0.3 is 5.97 Å². The molecule has 0 aliphatic carbocycles. The first kappa shape index (κ1) is 37.3. The number of benzene rings is 5. The lowest BCUT2D eigenvalue weighted by atomic mass is 9.88. The number of methoxy groups -OCH3 is 1. The number of sulfonamides is 2. The molecule has 3 aliphatic rings. The molecule has 7 aromatic rings. The number of esters is 1. The van der Waals surface area contributed by atoms with Gasteiger partial charge in [-0.2, -0.15) is 0 Å².